The number of nitrogens with one attached hydrogen (secondary N) is 3. The van der Waals surface area contributed by atoms with Crippen LogP contribution in [0.3, 0.4) is 0 Å². The highest BCUT2D eigenvalue weighted by Crippen LogP contribution is 2.30. The second-order valence-electron chi connectivity index (χ2n) is 4.02. The van der Waals surface area contributed by atoms with Crippen LogP contribution in [0.1, 0.15) is 12.0 Å². The molecule has 1 aromatic carbocycles. The number of hydrazine groups is 1. The van der Waals surface area contributed by atoms with E-state index in [1.807, 2.05) is 0 Å². The van der Waals surface area contributed by atoms with Crippen LogP contribution < -0.4 is 16.2 Å². The molecule has 3 N–H and O–H groups in total. The molecule has 1 aromatic rings. The minimum Gasteiger partial charge on any atom is -0.325 e. The molecule has 102 valence electrons. The Kier molecular flexibility index (Phi) is 3.43. The van der Waals surface area contributed by atoms with E-state index >= 15 is 0 Å². The maximum atomic E-state index is 12.5. The van der Waals surface area contributed by atoms with Crippen molar-refractivity contribution in [1.82, 2.24) is 10.9 Å². The van der Waals surface area contributed by atoms with Gasteiger partial charge in [-0.05, 0) is 18.2 Å². The zero-order chi connectivity index (χ0) is 14.0. The number of hydrogen-bond acceptors (Lipinski definition) is 3. The standard InChI is InChI=1S/C11H10F3N3O2/c12-11(13,14)6-2-1-3-7(4-6)15-10(19)8-5-9(18)17-16-8/h1-4,8,16H,5H2,(H,15,19)(H,17,18). The summed E-state index contributed by atoms with van der Waals surface area (Å²) >= 11 is 0. The van der Waals surface area contributed by atoms with Crippen LogP contribution in [0.2, 0.25) is 0 Å². The van der Waals surface area contributed by atoms with Crippen LogP contribution in [0.5, 0.6) is 0 Å². The van der Waals surface area contributed by atoms with E-state index in [-0.39, 0.29) is 18.0 Å². The van der Waals surface area contributed by atoms with Gasteiger partial charge in [0.1, 0.15) is 6.04 Å². The number of rotatable bonds is 2. The van der Waals surface area contributed by atoms with Crippen LogP contribution in [0.25, 0.3) is 0 Å². The Morgan fingerprint density at radius 1 is 1.37 bits per heavy atom. The SMILES string of the molecule is O=C1CC(C(=O)Nc2cccc(C(F)(F)F)c2)NN1. The molecule has 1 unspecified atom stereocenters. The van der Waals surface area contributed by atoms with Gasteiger partial charge in [0, 0.05) is 5.69 Å². The quantitative estimate of drug-likeness (QED) is 0.754. The summed E-state index contributed by atoms with van der Waals surface area (Å²) in [6, 6.07) is 3.50. The molecule has 0 spiro atoms. The molecule has 0 radical (unpaired) electrons. The molecule has 1 saturated heterocycles. The van der Waals surface area contributed by atoms with Gasteiger partial charge < -0.3 is 5.32 Å². The van der Waals surface area contributed by atoms with Crippen LogP contribution in [0, 0.1) is 0 Å². The molecule has 1 atom stereocenters. The van der Waals surface area contributed by atoms with Crippen LogP contribution in [-0.2, 0) is 15.8 Å². The Morgan fingerprint density at radius 2 is 2.11 bits per heavy atom. The summed E-state index contributed by atoms with van der Waals surface area (Å²) in [6.45, 7) is 0. The number of carbonyl (C=O) groups is 2. The lowest BCUT2D eigenvalue weighted by atomic mass is 10.1. The fourth-order valence-corrected chi connectivity index (χ4v) is 1.62. The van der Waals surface area contributed by atoms with Crippen molar-refractivity contribution in [2.75, 3.05) is 5.32 Å². The van der Waals surface area contributed by atoms with E-state index in [1.54, 1.807) is 0 Å². The minimum atomic E-state index is -4.47. The number of alkyl halides is 3. The van der Waals surface area contributed by atoms with E-state index in [2.05, 4.69) is 16.2 Å². The number of halogens is 3. The molecule has 1 aliphatic heterocycles. The Morgan fingerprint density at radius 3 is 2.68 bits per heavy atom. The van der Waals surface area contributed by atoms with Crippen molar-refractivity contribution in [2.24, 2.45) is 0 Å². The van der Waals surface area contributed by atoms with E-state index in [0.29, 0.717) is 0 Å². The van der Waals surface area contributed by atoms with Gasteiger partial charge >= 0.3 is 6.18 Å². The Labute approximate surface area is 106 Å². The second kappa shape index (κ2) is 4.88. The van der Waals surface area contributed by atoms with E-state index in [0.717, 1.165) is 12.1 Å². The summed E-state index contributed by atoms with van der Waals surface area (Å²) < 4.78 is 37.4. The summed E-state index contributed by atoms with van der Waals surface area (Å²) in [5.74, 6) is -0.915. The smallest absolute Gasteiger partial charge is 0.325 e. The normalized spacial score (nSPS) is 19.1. The maximum Gasteiger partial charge on any atom is 0.416 e. The lowest BCUT2D eigenvalue weighted by Crippen LogP contribution is -2.39. The Hall–Kier alpha value is -2.09. The number of hydrogen-bond donors (Lipinski definition) is 3. The highest BCUT2D eigenvalue weighted by molar-refractivity contribution is 5.99. The highest BCUT2D eigenvalue weighted by atomic mass is 19.4. The summed E-state index contributed by atoms with van der Waals surface area (Å²) in [7, 11) is 0. The largest absolute Gasteiger partial charge is 0.416 e. The summed E-state index contributed by atoms with van der Waals surface area (Å²) in [4.78, 5) is 22.6. The maximum absolute atomic E-state index is 12.5. The van der Waals surface area contributed by atoms with Crippen LogP contribution in [0.15, 0.2) is 24.3 Å². The van der Waals surface area contributed by atoms with Crippen molar-refractivity contribution in [1.29, 1.82) is 0 Å². The molecule has 0 saturated carbocycles. The zero-order valence-corrected chi connectivity index (χ0v) is 9.54. The monoisotopic (exact) mass is 273 g/mol. The van der Waals surface area contributed by atoms with Gasteiger partial charge in [-0.3, -0.25) is 15.0 Å². The van der Waals surface area contributed by atoms with E-state index < -0.39 is 23.7 Å². The summed E-state index contributed by atoms with van der Waals surface area (Å²) in [5.41, 5.74) is 3.86. The van der Waals surface area contributed by atoms with Gasteiger partial charge in [0.2, 0.25) is 11.8 Å². The van der Waals surface area contributed by atoms with Crippen LogP contribution in [-0.4, -0.2) is 17.9 Å². The first-order valence-corrected chi connectivity index (χ1v) is 5.39. The topological polar surface area (TPSA) is 70.2 Å². The molecule has 0 bridgehead atoms. The van der Waals surface area contributed by atoms with Crippen molar-refractivity contribution < 1.29 is 22.8 Å². The van der Waals surface area contributed by atoms with Crippen molar-refractivity contribution in [3.8, 4) is 0 Å². The van der Waals surface area contributed by atoms with Crippen molar-refractivity contribution >= 4 is 17.5 Å². The molecular formula is C11H10F3N3O2. The highest BCUT2D eigenvalue weighted by Gasteiger charge is 2.31. The minimum absolute atomic E-state index is 0.0287. The molecule has 1 fully saturated rings. The Bertz CT molecular complexity index is 516. The first-order chi connectivity index (χ1) is 8.86. The van der Waals surface area contributed by atoms with E-state index in [4.69, 9.17) is 0 Å². The van der Waals surface area contributed by atoms with Gasteiger partial charge in [-0.1, -0.05) is 6.07 Å². The molecule has 2 rings (SSSR count). The third kappa shape index (κ3) is 3.22. The van der Waals surface area contributed by atoms with Crippen molar-refractivity contribution in [2.45, 2.75) is 18.6 Å². The van der Waals surface area contributed by atoms with Crippen LogP contribution >= 0.6 is 0 Å². The molecule has 0 aromatic heterocycles. The lowest BCUT2D eigenvalue weighted by molar-refractivity contribution is -0.137. The molecule has 8 heteroatoms. The fraction of sp³-hybridized carbons (Fsp3) is 0.273. The van der Waals surface area contributed by atoms with Gasteiger partial charge in [-0.2, -0.15) is 13.2 Å². The van der Waals surface area contributed by atoms with Crippen LogP contribution in [0.4, 0.5) is 18.9 Å². The van der Waals surface area contributed by atoms with Crippen molar-refractivity contribution in [3.05, 3.63) is 29.8 Å². The average molecular weight is 273 g/mol. The number of anilines is 1. The predicted octanol–water partition coefficient (Wildman–Crippen LogP) is 1.04. The predicted molar refractivity (Wildman–Crippen MR) is 59.8 cm³/mol. The number of benzene rings is 1. The molecule has 1 aliphatic rings. The average Bonchev–Trinajstić information content (AvgIpc) is 2.75. The summed E-state index contributed by atoms with van der Waals surface area (Å²) in [6.07, 6.45) is -4.52. The first kappa shape index (κ1) is 13.3. The molecular weight excluding hydrogens is 263 g/mol. The zero-order valence-electron chi connectivity index (χ0n) is 9.54. The first-order valence-electron chi connectivity index (χ1n) is 5.39. The number of carbonyl (C=O) groups excluding carboxylic acids is 2. The molecule has 0 aliphatic carbocycles. The third-order valence-electron chi connectivity index (χ3n) is 2.55. The Balaban J connectivity index is 2.07. The second-order valence-corrected chi connectivity index (χ2v) is 4.02. The molecule has 2 amide bonds. The third-order valence-corrected chi connectivity index (χ3v) is 2.55. The summed E-state index contributed by atoms with van der Waals surface area (Å²) in [5, 5.41) is 2.32. The van der Waals surface area contributed by atoms with Gasteiger partial charge in [-0.15, -0.1) is 0 Å². The van der Waals surface area contributed by atoms with E-state index in [9.17, 15) is 22.8 Å². The molecule has 5 nitrogen and oxygen atoms in total. The molecule has 19 heavy (non-hydrogen) atoms. The van der Waals surface area contributed by atoms with E-state index in [1.165, 1.54) is 12.1 Å². The number of amides is 2. The van der Waals surface area contributed by atoms with Gasteiger partial charge in [-0.25, -0.2) is 5.43 Å². The van der Waals surface area contributed by atoms with Gasteiger partial charge in [0.05, 0.1) is 12.0 Å². The van der Waals surface area contributed by atoms with Crippen molar-refractivity contribution in [3.63, 3.8) is 0 Å². The van der Waals surface area contributed by atoms with Gasteiger partial charge in [0.15, 0.2) is 0 Å². The van der Waals surface area contributed by atoms with Gasteiger partial charge in [0.25, 0.3) is 0 Å². The molecule has 1 heterocycles. The lowest BCUT2D eigenvalue weighted by Gasteiger charge is -2.12. The fourth-order valence-electron chi connectivity index (χ4n) is 1.62.